The van der Waals surface area contributed by atoms with Crippen molar-refractivity contribution in [3.8, 4) is 0 Å². The number of nitrogens with zero attached hydrogens (tertiary/aromatic N) is 4. The van der Waals surface area contributed by atoms with Crippen molar-refractivity contribution >= 4 is 11.8 Å². The summed E-state index contributed by atoms with van der Waals surface area (Å²) in [6.45, 7) is 7.75. The van der Waals surface area contributed by atoms with Gasteiger partial charge in [0.15, 0.2) is 0 Å². The second kappa shape index (κ2) is 7.50. The van der Waals surface area contributed by atoms with Gasteiger partial charge in [0, 0.05) is 51.9 Å². The smallest absolute Gasteiger partial charge is 0.257 e. The molecule has 7 nitrogen and oxygen atoms in total. The van der Waals surface area contributed by atoms with E-state index in [0.29, 0.717) is 6.42 Å². The molecule has 3 aliphatic heterocycles. The highest BCUT2D eigenvalue weighted by Gasteiger charge is 2.42. The van der Waals surface area contributed by atoms with Crippen LogP contribution in [-0.4, -0.2) is 70.3 Å². The Hall–Kier alpha value is -1.89. The van der Waals surface area contributed by atoms with Crippen LogP contribution in [0.5, 0.6) is 0 Å². The molecule has 0 aliphatic carbocycles. The van der Waals surface area contributed by atoms with Crippen LogP contribution in [-0.2, 0) is 16.6 Å². The number of piperidine rings is 2. The van der Waals surface area contributed by atoms with Crippen LogP contribution in [0.2, 0.25) is 0 Å². The molecule has 1 atom stereocenters. The largest absolute Gasteiger partial charge is 0.376 e. The first-order chi connectivity index (χ1) is 13.4. The molecule has 154 valence electrons. The number of rotatable bonds is 3. The van der Waals surface area contributed by atoms with Gasteiger partial charge in [-0.3, -0.25) is 14.3 Å². The third-order valence-electron chi connectivity index (χ3n) is 7.03. The van der Waals surface area contributed by atoms with Gasteiger partial charge in [-0.15, -0.1) is 0 Å². The number of carbonyl (C=O) groups is 2. The topological polar surface area (TPSA) is 67.7 Å². The van der Waals surface area contributed by atoms with Crippen LogP contribution >= 0.6 is 0 Å². The molecule has 0 aromatic carbocycles. The number of aromatic nitrogens is 2. The maximum Gasteiger partial charge on any atom is 0.257 e. The van der Waals surface area contributed by atoms with E-state index in [2.05, 4.69) is 5.10 Å². The summed E-state index contributed by atoms with van der Waals surface area (Å²) in [4.78, 5) is 29.5. The zero-order valence-corrected chi connectivity index (χ0v) is 17.4. The molecular weight excluding hydrogens is 356 g/mol. The highest BCUT2D eigenvalue weighted by molar-refractivity contribution is 5.96. The molecule has 7 heteroatoms. The number of ether oxygens (including phenoxy) is 1. The second-order valence-corrected chi connectivity index (χ2v) is 8.87. The molecule has 1 spiro atoms. The monoisotopic (exact) mass is 388 g/mol. The van der Waals surface area contributed by atoms with E-state index in [1.54, 1.807) is 4.68 Å². The predicted octanol–water partition coefficient (Wildman–Crippen LogP) is 2.06. The molecule has 0 N–H and O–H groups in total. The maximum absolute atomic E-state index is 13.1. The molecule has 3 saturated heterocycles. The van der Waals surface area contributed by atoms with Gasteiger partial charge >= 0.3 is 0 Å². The maximum atomic E-state index is 13.1. The zero-order valence-electron chi connectivity index (χ0n) is 17.4. The standard InChI is InChI=1S/C21H32N4O3/c1-15-19(16(2)23(3)22-15)20(27)24-10-8-21(9-11-24)7-6-18(26)25(14-21)13-17-5-4-12-28-17/h17H,4-14H2,1-3H3. The van der Waals surface area contributed by atoms with Gasteiger partial charge in [0.1, 0.15) is 0 Å². The lowest BCUT2D eigenvalue weighted by atomic mass is 9.72. The molecule has 3 aliphatic rings. The van der Waals surface area contributed by atoms with E-state index in [9.17, 15) is 9.59 Å². The van der Waals surface area contributed by atoms with E-state index in [1.807, 2.05) is 30.7 Å². The number of hydrogen-bond donors (Lipinski definition) is 0. The molecule has 1 aromatic rings. The molecule has 0 radical (unpaired) electrons. The van der Waals surface area contributed by atoms with Gasteiger partial charge in [-0.2, -0.15) is 5.10 Å². The normalized spacial score (nSPS) is 25.0. The Labute approximate surface area is 167 Å². The Morgan fingerprint density at radius 3 is 2.61 bits per heavy atom. The lowest BCUT2D eigenvalue weighted by Crippen LogP contribution is -2.53. The number of likely N-dealkylation sites (tertiary alicyclic amines) is 2. The highest BCUT2D eigenvalue weighted by atomic mass is 16.5. The molecule has 4 rings (SSSR count). The van der Waals surface area contributed by atoms with E-state index in [-0.39, 0.29) is 23.3 Å². The quantitative estimate of drug-likeness (QED) is 0.795. The van der Waals surface area contributed by atoms with E-state index in [4.69, 9.17) is 4.74 Å². The average molecular weight is 389 g/mol. The summed E-state index contributed by atoms with van der Waals surface area (Å²) in [5, 5.41) is 4.39. The zero-order chi connectivity index (χ0) is 19.9. The predicted molar refractivity (Wildman–Crippen MR) is 105 cm³/mol. The third kappa shape index (κ3) is 3.56. The summed E-state index contributed by atoms with van der Waals surface area (Å²) >= 11 is 0. The summed E-state index contributed by atoms with van der Waals surface area (Å²) in [6, 6.07) is 0. The van der Waals surface area contributed by atoms with Crippen LogP contribution in [0, 0.1) is 19.3 Å². The van der Waals surface area contributed by atoms with Crippen LogP contribution in [0.15, 0.2) is 0 Å². The van der Waals surface area contributed by atoms with Crippen molar-refractivity contribution in [2.45, 2.75) is 58.5 Å². The van der Waals surface area contributed by atoms with Crippen molar-refractivity contribution in [1.29, 1.82) is 0 Å². The number of hydrogen-bond acceptors (Lipinski definition) is 4. The Morgan fingerprint density at radius 2 is 2.00 bits per heavy atom. The SMILES string of the molecule is Cc1nn(C)c(C)c1C(=O)N1CCC2(CCC(=O)N(CC3CCCO3)C2)CC1. The first-order valence-corrected chi connectivity index (χ1v) is 10.6. The van der Waals surface area contributed by atoms with Gasteiger partial charge in [0.2, 0.25) is 5.91 Å². The average Bonchev–Trinajstić information content (AvgIpc) is 3.27. The summed E-state index contributed by atoms with van der Waals surface area (Å²) in [5.41, 5.74) is 2.63. The highest BCUT2D eigenvalue weighted by Crippen LogP contribution is 2.41. The lowest BCUT2D eigenvalue weighted by molar-refractivity contribution is -0.141. The number of carbonyl (C=O) groups excluding carboxylic acids is 2. The molecule has 4 heterocycles. The van der Waals surface area contributed by atoms with Gasteiger partial charge in [-0.05, 0) is 51.4 Å². The van der Waals surface area contributed by atoms with Crippen molar-refractivity contribution in [2.75, 3.05) is 32.8 Å². The molecule has 28 heavy (non-hydrogen) atoms. The van der Waals surface area contributed by atoms with Crippen molar-refractivity contribution in [3.63, 3.8) is 0 Å². The first kappa shape index (κ1) is 19.4. The second-order valence-electron chi connectivity index (χ2n) is 8.87. The summed E-state index contributed by atoms with van der Waals surface area (Å²) in [5.74, 6) is 0.363. The van der Waals surface area contributed by atoms with Crippen molar-refractivity contribution in [3.05, 3.63) is 17.0 Å². The minimum Gasteiger partial charge on any atom is -0.376 e. The fourth-order valence-corrected chi connectivity index (χ4v) is 5.14. The minimum absolute atomic E-state index is 0.0982. The van der Waals surface area contributed by atoms with Crippen LogP contribution < -0.4 is 0 Å². The van der Waals surface area contributed by atoms with Gasteiger partial charge in [0.25, 0.3) is 5.91 Å². The van der Waals surface area contributed by atoms with Crippen LogP contribution in [0.1, 0.15) is 60.3 Å². The molecule has 2 amide bonds. The first-order valence-electron chi connectivity index (χ1n) is 10.6. The number of aryl methyl sites for hydroxylation is 2. The summed E-state index contributed by atoms with van der Waals surface area (Å²) < 4.78 is 7.53. The Balaban J connectivity index is 1.39. The van der Waals surface area contributed by atoms with Crippen LogP contribution in [0.3, 0.4) is 0 Å². The van der Waals surface area contributed by atoms with Crippen LogP contribution in [0.25, 0.3) is 0 Å². The Bertz CT molecular complexity index is 758. The fourth-order valence-electron chi connectivity index (χ4n) is 5.14. The Kier molecular flexibility index (Phi) is 5.21. The van der Waals surface area contributed by atoms with Gasteiger partial charge in [-0.1, -0.05) is 0 Å². The van der Waals surface area contributed by atoms with Crippen molar-refractivity contribution in [1.82, 2.24) is 19.6 Å². The van der Waals surface area contributed by atoms with Crippen molar-refractivity contribution in [2.24, 2.45) is 12.5 Å². The molecule has 3 fully saturated rings. The molecular formula is C21H32N4O3. The van der Waals surface area contributed by atoms with E-state index < -0.39 is 0 Å². The Morgan fingerprint density at radius 1 is 1.25 bits per heavy atom. The van der Waals surface area contributed by atoms with E-state index in [0.717, 1.165) is 81.8 Å². The van der Waals surface area contributed by atoms with E-state index in [1.165, 1.54) is 0 Å². The van der Waals surface area contributed by atoms with E-state index >= 15 is 0 Å². The molecule has 1 aromatic heterocycles. The van der Waals surface area contributed by atoms with Gasteiger partial charge in [-0.25, -0.2) is 0 Å². The summed E-state index contributed by atoms with van der Waals surface area (Å²) in [7, 11) is 1.88. The molecule has 0 bridgehead atoms. The minimum atomic E-state index is 0.0982. The van der Waals surface area contributed by atoms with Crippen molar-refractivity contribution < 1.29 is 14.3 Å². The van der Waals surface area contributed by atoms with Gasteiger partial charge < -0.3 is 14.5 Å². The lowest BCUT2D eigenvalue weighted by Gasteiger charge is -2.47. The third-order valence-corrected chi connectivity index (χ3v) is 7.03. The fraction of sp³-hybridized carbons (Fsp3) is 0.762. The molecule has 0 saturated carbocycles. The molecule has 1 unspecified atom stereocenters. The summed E-state index contributed by atoms with van der Waals surface area (Å²) in [6.07, 6.45) is 5.86. The number of amides is 2. The van der Waals surface area contributed by atoms with Crippen LogP contribution in [0.4, 0.5) is 0 Å². The van der Waals surface area contributed by atoms with Gasteiger partial charge in [0.05, 0.1) is 17.4 Å².